The van der Waals surface area contributed by atoms with E-state index in [0.717, 1.165) is 0 Å². The molecule has 1 aromatic rings. The van der Waals surface area contributed by atoms with Crippen LogP contribution in [-0.2, 0) is 14.3 Å². The number of benzene rings is 1. The topological polar surface area (TPSA) is 75.6 Å². The van der Waals surface area contributed by atoms with E-state index in [9.17, 15) is 14.7 Å². The van der Waals surface area contributed by atoms with E-state index in [0.29, 0.717) is 10.7 Å². The van der Waals surface area contributed by atoms with Gasteiger partial charge in [-0.3, -0.25) is 9.59 Å². The maximum absolute atomic E-state index is 12.5. The monoisotopic (exact) mass is 307 g/mol. The molecule has 2 aliphatic heterocycles. The highest BCUT2D eigenvalue weighted by molar-refractivity contribution is 6.30. The number of carbonyl (C=O) groups is 2. The fraction of sp³-hybridized carbons (Fsp3) is 0.333. The number of halogens is 1. The third kappa shape index (κ3) is 2.32. The molecule has 0 spiro atoms. The van der Waals surface area contributed by atoms with E-state index in [1.165, 1.54) is 0 Å². The summed E-state index contributed by atoms with van der Waals surface area (Å²) >= 11 is 5.79. The van der Waals surface area contributed by atoms with Gasteiger partial charge in [0, 0.05) is 10.7 Å². The zero-order chi connectivity index (χ0) is 15.2. The maximum atomic E-state index is 12.5. The number of hydrogen-bond donors (Lipinski definition) is 2. The van der Waals surface area contributed by atoms with Crippen molar-refractivity contribution in [2.45, 2.75) is 18.6 Å². The van der Waals surface area contributed by atoms with Crippen LogP contribution in [0.1, 0.15) is 6.92 Å². The van der Waals surface area contributed by atoms with E-state index >= 15 is 0 Å². The highest BCUT2D eigenvalue weighted by Gasteiger charge is 2.59. The first-order valence-electron chi connectivity index (χ1n) is 6.57. The smallest absolute Gasteiger partial charge is 0.310 e. The van der Waals surface area contributed by atoms with Crippen molar-refractivity contribution < 1.29 is 19.4 Å². The molecule has 4 atom stereocenters. The third-order valence-electron chi connectivity index (χ3n) is 4.02. The first-order chi connectivity index (χ1) is 9.90. The van der Waals surface area contributed by atoms with Gasteiger partial charge in [0.25, 0.3) is 0 Å². The van der Waals surface area contributed by atoms with Gasteiger partial charge in [0.05, 0.1) is 17.6 Å². The minimum absolute atomic E-state index is 0.362. The summed E-state index contributed by atoms with van der Waals surface area (Å²) in [5.74, 6) is -3.02. The number of carboxylic acid groups (broad SMARTS) is 1. The van der Waals surface area contributed by atoms with E-state index in [2.05, 4.69) is 5.32 Å². The number of amides is 1. The van der Waals surface area contributed by atoms with Crippen LogP contribution in [0.25, 0.3) is 0 Å². The second-order valence-corrected chi connectivity index (χ2v) is 5.90. The summed E-state index contributed by atoms with van der Waals surface area (Å²) in [6, 6.07) is 6.65. The molecule has 21 heavy (non-hydrogen) atoms. The van der Waals surface area contributed by atoms with Crippen molar-refractivity contribution in [2.24, 2.45) is 11.8 Å². The highest BCUT2D eigenvalue weighted by Crippen LogP contribution is 2.47. The Bertz CT molecular complexity index is 627. The molecule has 0 aromatic heterocycles. The van der Waals surface area contributed by atoms with Crippen LogP contribution in [0.2, 0.25) is 5.02 Å². The number of ether oxygens (including phenoxy) is 1. The van der Waals surface area contributed by atoms with Crippen molar-refractivity contribution in [1.29, 1.82) is 0 Å². The molecule has 110 valence electrons. The Morgan fingerprint density at radius 2 is 2.00 bits per heavy atom. The number of nitrogens with one attached hydrogen (secondary N) is 1. The van der Waals surface area contributed by atoms with Gasteiger partial charge in [0.1, 0.15) is 5.92 Å². The Balaban J connectivity index is 1.84. The first-order valence-corrected chi connectivity index (χ1v) is 6.95. The second-order valence-electron chi connectivity index (χ2n) is 5.46. The molecular weight excluding hydrogens is 294 g/mol. The van der Waals surface area contributed by atoms with Crippen LogP contribution in [0.15, 0.2) is 36.4 Å². The predicted molar refractivity (Wildman–Crippen MR) is 77.1 cm³/mol. The van der Waals surface area contributed by atoms with Gasteiger partial charge in [-0.1, -0.05) is 23.8 Å². The Morgan fingerprint density at radius 1 is 1.33 bits per heavy atom. The summed E-state index contributed by atoms with van der Waals surface area (Å²) in [4.78, 5) is 23.9. The van der Waals surface area contributed by atoms with Gasteiger partial charge in [-0.25, -0.2) is 0 Å². The predicted octanol–water partition coefficient (Wildman–Crippen LogP) is 2.32. The lowest BCUT2D eigenvalue weighted by Crippen LogP contribution is -2.44. The number of aliphatic carboxylic acids is 1. The highest BCUT2D eigenvalue weighted by atomic mass is 35.5. The Labute approximate surface area is 126 Å². The van der Waals surface area contributed by atoms with Gasteiger partial charge >= 0.3 is 5.97 Å². The van der Waals surface area contributed by atoms with E-state index in [4.69, 9.17) is 16.3 Å². The average Bonchev–Trinajstić information content (AvgIpc) is 2.94. The van der Waals surface area contributed by atoms with Crippen LogP contribution >= 0.6 is 11.6 Å². The summed E-state index contributed by atoms with van der Waals surface area (Å²) in [5.41, 5.74) is -0.298. The van der Waals surface area contributed by atoms with E-state index in [-0.39, 0.29) is 5.91 Å². The summed E-state index contributed by atoms with van der Waals surface area (Å²) in [6.07, 6.45) is 2.93. The number of carbonyl (C=O) groups excluding carboxylic acids is 1. The Hall–Kier alpha value is -1.85. The summed E-state index contributed by atoms with van der Waals surface area (Å²) in [5, 5.41) is 12.7. The summed E-state index contributed by atoms with van der Waals surface area (Å²) < 4.78 is 5.65. The van der Waals surface area contributed by atoms with Gasteiger partial charge in [-0.15, -0.1) is 0 Å². The van der Waals surface area contributed by atoms with Crippen LogP contribution in [0, 0.1) is 11.8 Å². The van der Waals surface area contributed by atoms with Gasteiger partial charge in [-0.05, 0) is 31.2 Å². The van der Waals surface area contributed by atoms with E-state index in [1.54, 1.807) is 43.3 Å². The first kappa shape index (κ1) is 14.1. The molecule has 0 aliphatic carbocycles. The molecule has 1 saturated heterocycles. The van der Waals surface area contributed by atoms with Crippen LogP contribution in [-0.4, -0.2) is 28.7 Å². The van der Waals surface area contributed by atoms with E-state index in [1.807, 2.05) is 0 Å². The number of fused-ring (bicyclic) bond motifs is 2. The Kier molecular flexibility index (Phi) is 3.26. The van der Waals surface area contributed by atoms with Crippen LogP contribution in [0.5, 0.6) is 0 Å². The molecule has 6 heteroatoms. The van der Waals surface area contributed by atoms with Crippen molar-refractivity contribution in [2.75, 3.05) is 5.32 Å². The van der Waals surface area contributed by atoms with E-state index < -0.39 is 29.5 Å². The van der Waals surface area contributed by atoms with Gasteiger partial charge in [0.2, 0.25) is 5.91 Å². The molecule has 3 rings (SSSR count). The largest absolute Gasteiger partial charge is 0.481 e. The lowest BCUT2D eigenvalue weighted by atomic mass is 9.75. The zero-order valence-corrected chi connectivity index (χ0v) is 12.0. The van der Waals surface area contributed by atoms with Crippen LogP contribution < -0.4 is 5.32 Å². The molecular formula is C15H14ClNO4. The summed E-state index contributed by atoms with van der Waals surface area (Å²) in [6.45, 7) is 1.73. The molecule has 2 N–H and O–H groups in total. The van der Waals surface area contributed by atoms with Crippen molar-refractivity contribution in [3.05, 3.63) is 41.4 Å². The molecule has 1 amide bonds. The zero-order valence-electron chi connectivity index (χ0n) is 11.2. The molecule has 1 fully saturated rings. The van der Waals surface area contributed by atoms with Gasteiger partial charge in [-0.2, -0.15) is 0 Å². The molecule has 0 unspecified atom stereocenters. The molecule has 2 heterocycles. The second kappa shape index (κ2) is 4.86. The molecule has 2 bridgehead atoms. The van der Waals surface area contributed by atoms with Gasteiger partial charge < -0.3 is 15.2 Å². The van der Waals surface area contributed by atoms with Crippen LogP contribution in [0.3, 0.4) is 0 Å². The molecule has 0 radical (unpaired) electrons. The standard InChI is InChI=1S/C15H14ClNO4/c1-15-7-6-10(21-15)11(14(19)20)12(15)13(18)17-9-4-2-8(16)3-5-9/h2-7,10-12H,1H3,(H,17,18)(H,19,20)/t10-,11+,12+,15+/m1/s1. The fourth-order valence-electron chi connectivity index (χ4n) is 3.03. The van der Waals surface area contributed by atoms with Crippen molar-refractivity contribution in [3.8, 4) is 0 Å². The Morgan fingerprint density at radius 3 is 2.62 bits per heavy atom. The fourth-order valence-corrected chi connectivity index (χ4v) is 3.16. The number of hydrogen-bond acceptors (Lipinski definition) is 3. The lowest BCUT2D eigenvalue weighted by molar-refractivity contribution is -0.146. The molecule has 1 aromatic carbocycles. The summed E-state index contributed by atoms with van der Waals surface area (Å²) in [7, 11) is 0. The van der Waals surface area contributed by atoms with Crippen molar-refractivity contribution in [3.63, 3.8) is 0 Å². The lowest BCUT2D eigenvalue weighted by Gasteiger charge is -2.27. The minimum atomic E-state index is -1.02. The molecule has 2 aliphatic rings. The third-order valence-corrected chi connectivity index (χ3v) is 4.27. The van der Waals surface area contributed by atoms with Gasteiger partial charge in [0.15, 0.2) is 0 Å². The van der Waals surface area contributed by atoms with Crippen molar-refractivity contribution in [1.82, 2.24) is 0 Å². The quantitative estimate of drug-likeness (QED) is 0.840. The average molecular weight is 308 g/mol. The maximum Gasteiger partial charge on any atom is 0.310 e. The minimum Gasteiger partial charge on any atom is -0.481 e. The normalized spacial score (nSPS) is 33.1. The van der Waals surface area contributed by atoms with Crippen molar-refractivity contribution >= 4 is 29.2 Å². The molecule has 5 nitrogen and oxygen atoms in total. The SMILES string of the molecule is C[C@@]12C=C[C@@H](O1)[C@H](C(=O)O)[C@H]2C(=O)Nc1ccc(Cl)cc1. The number of anilines is 1. The van der Waals surface area contributed by atoms with Crippen LogP contribution in [0.4, 0.5) is 5.69 Å². The molecule has 0 saturated carbocycles. The number of rotatable bonds is 3. The number of carboxylic acids is 1.